The minimum absolute atomic E-state index is 0.198. The lowest BCUT2D eigenvalue weighted by atomic mass is 10.0. The van der Waals surface area contributed by atoms with Crippen molar-refractivity contribution in [2.75, 3.05) is 25.0 Å². The van der Waals surface area contributed by atoms with E-state index in [9.17, 15) is 10.0 Å². The molecule has 5 rings (SSSR count). The van der Waals surface area contributed by atoms with Crippen LogP contribution >= 0.6 is 0 Å². The molecular formula is C27H29N5O2. The number of benzene rings is 2. The first-order chi connectivity index (χ1) is 16.6. The van der Waals surface area contributed by atoms with Crippen LogP contribution in [0.5, 0.6) is 0 Å². The second kappa shape index (κ2) is 9.65. The lowest BCUT2D eigenvalue weighted by molar-refractivity contribution is 0.182. The molecule has 1 aliphatic rings. The van der Waals surface area contributed by atoms with E-state index in [1.165, 1.54) is 43.5 Å². The molecular weight excluding hydrogens is 426 g/mol. The third kappa shape index (κ3) is 4.65. The lowest BCUT2D eigenvalue weighted by Crippen LogP contribution is -2.29. The summed E-state index contributed by atoms with van der Waals surface area (Å²) in [5, 5.41) is 10.6. The van der Waals surface area contributed by atoms with Gasteiger partial charge in [0.2, 0.25) is 0 Å². The maximum atomic E-state index is 12.2. The zero-order valence-electron chi connectivity index (χ0n) is 19.4. The van der Waals surface area contributed by atoms with E-state index >= 15 is 0 Å². The Balaban J connectivity index is 1.38. The molecule has 0 radical (unpaired) electrons. The van der Waals surface area contributed by atoms with Crippen molar-refractivity contribution in [2.24, 2.45) is 0 Å². The molecule has 0 bridgehead atoms. The van der Waals surface area contributed by atoms with Crippen LogP contribution in [0.3, 0.4) is 0 Å². The van der Waals surface area contributed by atoms with Gasteiger partial charge >= 0.3 is 5.69 Å². The Morgan fingerprint density at radius 1 is 0.941 bits per heavy atom. The summed E-state index contributed by atoms with van der Waals surface area (Å²) in [5.74, 6) is 0.493. The van der Waals surface area contributed by atoms with Gasteiger partial charge in [-0.1, -0.05) is 42.8 Å². The SMILES string of the molecule is CN(Cc1cccc(-c2cccc(CN3CCCCC3)c2)c1)c1nc(=O)n(O)c2ncccc12. The van der Waals surface area contributed by atoms with Crippen LogP contribution < -0.4 is 10.6 Å². The maximum absolute atomic E-state index is 12.2. The lowest BCUT2D eigenvalue weighted by Gasteiger charge is -2.26. The molecule has 2 aromatic carbocycles. The van der Waals surface area contributed by atoms with E-state index in [1.807, 2.05) is 11.9 Å². The number of pyridine rings is 1. The highest BCUT2D eigenvalue weighted by atomic mass is 16.5. The maximum Gasteiger partial charge on any atom is 0.384 e. The summed E-state index contributed by atoms with van der Waals surface area (Å²) in [6, 6.07) is 20.8. The van der Waals surface area contributed by atoms with Crippen molar-refractivity contribution in [2.45, 2.75) is 32.4 Å². The second-order valence-electron chi connectivity index (χ2n) is 9.00. The third-order valence-electron chi connectivity index (χ3n) is 6.43. The number of hydrogen-bond acceptors (Lipinski definition) is 6. The molecule has 174 valence electrons. The first-order valence-electron chi connectivity index (χ1n) is 11.8. The van der Waals surface area contributed by atoms with E-state index in [0.717, 1.165) is 17.7 Å². The van der Waals surface area contributed by atoms with Crippen molar-refractivity contribution in [3.63, 3.8) is 0 Å². The fourth-order valence-corrected chi connectivity index (χ4v) is 4.74. The topological polar surface area (TPSA) is 74.5 Å². The first kappa shape index (κ1) is 22.1. The van der Waals surface area contributed by atoms with Gasteiger partial charge in [0, 0.05) is 26.3 Å². The van der Waals surface area contributed by atoms with Crippen molar-refractivity contribution in [3.05, 3.63) is 88.5 Å². The Bertz CT molecular complexity index is 1360. The van der Waals surface area contributed by atoms with Gasteiger partial charge in [0.25, 0.3) is 0 Å². The van der Waals surface area contributed by atoms with Crippen molar-refractivity contribution < 1.29 is 5.21 Å². The summed E-state index contributed by atoms with van der Waals surface area (Å²) >= 11 is 0. The summed E-state index contributed by atoms with van der Waals surface area (Å²) in [7, 11) is 1.89. The van der Waals surface area contributed by atoms with Crippen molar-refractivity contribution in [1.29, 1.82) is 0 Å². The molecule has 1 N–H and O–H groups in total. The average molecular weight is 456 g/mol. The number of piperidine rings is 1. The second-order valence-corrected chi connectivity index (χ2v) is 9.00. The Labute approximate surface area is 198 Å². The van der Waals surface area contributed by atoms with Crippen LogP contribution in [0.2, 0.25) is 0 Å². The van der Waals surface area contributed by atoms with E-state index in [2.05, 4.69) is 63.4 Å². The molecule has 0 unspecified atom stereocenters. The largest absolute Gasteiger partial charge is 0.422 e. The summed E-state index contributed by atoms with van der Waals surface area (Å²) in [5.41, 5.74) is 4.27. The highest BCUT2D eigenvalue weighted by Gasteiger charge is 2.15. The third-order valence-corrected chi connectivity index (χ3v) is 6.43. The summed E-state index contributed by atoms with van der Waals surface area (Å²) in [6.07, 6.45) is 5.48. The molecule has 0 spiro atoms. The van der Waals surface area contributed by atoms with E-state index in [1.54, 1.807) is 18.3 Å². The molecule has 1 fully saturated rings. The van der Waals surface area contributed by atoms with Gasteiger partial charge in [-0.25, -0.2) is 9.78 Å². The molecule has 0 saturated carbocycles. The number of rotatable bonds is 6. The number of nitrogens with zero attached hydrogens (tertiary/aromatic N) is 5. The Kier molecular flexibility index (Phi) is 6.27. The number of hydrogen-bond donors (Lipinski definition) is 1. The molecule has 7 heteroatoms. The fraction of sp³-hybridized carbons (Fsp3) is 0.296. The zero-order chi connectivity index (χ0) is 23.5. The van der Waals surface area contributed by atoms with Crippen molar-refractivity contribution in [1.82, 2.24) is 19.6 Å². The quantitative estimate of drug-likeness (QED) is 0.437. The molecule has 0 aliphatic carbocycles. The number of anilines is 1. The van der Waals surface area contributed by atoms with Gasteiger partial charge in [-0.15, -0.1) is 4.73 Å². The smallest absolute Gasteiger partial charge is 0.384 e. The van der Waals surface area contributed by atoms with E-state index in [0.29, 0.717) is 22.5 Å². The monoisotopic (exact) mass is 455 g/mol. The van der Waals surface area contributed by atoms with Crippen molar-refractivity contribution >= 4 is 16.9 Å². The van der Waals surface area contributed by atoms with Gasteiger partial charge in [0.05, 0.1) is 5.39 Å². The van der Waals surface area contributed by atoms with Gasteiger partial charge in [0.15, 0.2) is 5.65 Å². The molecule has 1 saturated heterocycles. The molecule has 0 atom stereocenters. The Morgan fingerprint density at radius 3 is 2.41 bits per heavy atom. The first-order valence-corrected chi connectivity index (χ1v) is 11.8. The summed E-state index contributed by atoms with van der Waals surface area (Å²) < 4.78 is 0.490. The highest BCUT2D eigenvalue weighted by Crippen LogP contribution is 2.25. The average Bonchev–Trinajstić information content (AvgIpc) is 2.87. The fourth-order valence-electron chi connectivity index (χ4n) is 4.74. The van der Waals surface area contributed by atoms with Gasteiger partial charge in [-0.05, 0) is 72.5 Å². The van der Waals surface area contributed by atoms with Gasteiger partial charge in [-0.3, -0.25) is 4.90 Å². The highest BCUT2D eigenvalue weighted by molar-refractivity contribution is 5.86. The van der Waals surface area contributed by atoms with Crippen LogP contribution in [0.25, 0.3) is 22.2 Å². The molecule has 0 amide bonds. The minimum Gasteiger partial charge on any atom is -0.422 e. The van der Waals surface area contributed by atoms with Gasteiger partial charge in [0.1, 0.15) is 5.82 Å². The number of likely N-dealkylation sites (tertiary alicyclic amines) is 1. The molecule has 1 aliphatic heterocycles. The standard InChI is InChI=1S/C27H29N5O2/c1-30(26-24-12-7-13-28-25(24)32(34)27(33)29-26)18-20-8-5-10-22(16-20)23-11-6-9-21(17-23)19-31-14-3-2-4-15-31/h5-13,16-17,34H,2-4,14-15,18-19H2,1H3. The minimum atomic E-state index is -0.743. The molecule has 7 nitrogen and oxygen atoms in total. The predicted molar refractivity (Wildman–Crippen MR) is 134 cm³/mol. The van der Waals surface area contributed by atoms with E-state index in [4.69, 9.17) is 0 Å². The number of fused-ring (bicyclic) bond motifs is 1. The predicted octanol–water partition coefficient (Wildman–Crippen LogP) is 4.32. The van der Waals surface area contributed by atoms with Crippen LogP contribution in [0, 0.1) is 0 Å². The summed E-state index contributed by atoms with van der Waals surface area (Å²) in [6.45, 7) is 3.93. The molecule has 2 aromatic heterocycles. The number of aromatic nitrogens is 3. The molecule has 4 aromatic rings. The normalized spacial score (nSPS) is 14.4. The molecule has 3 heterocycles. The van der Waals surface area contributed by atoms with Gasteiger partial charge < -0.3 is 10.1 Å². The van der Waals surface area contributed by atoms with Crippen LogP contribution in [-0.4, -0.2) is 44.9 Å². The Hall–Kier alpha value is -3.71. The van der Waals surface area contributed by atoms with Crippen LogP contribution in [0.15, 0.2) is 71.7 Å². The van der Waals surface area contributed by atoms with Crippen LogP contribution in [0.1, 0.15) is 30.4 Å². The van der Waals surface area contributed by atoms with E-state index in [-0.39, 0.29) is 5.65 Å². The zero-order valence-corrected chi connectivity index (χ0v) is 19.4. The Morgan fingerprint density at radius 2 is 1.65 bits per heavy atom. The van der Waals surface area contributed by atoms with Crippen LogP contribution in [-0.2, 0) is 13.1 Å². The molecule has 34 heavy (non-hydrogen) atoms. The van der Waals surface area contributed by atoms with Crippen molar-refractivity contribution in [3.8, 4) is 11.1 Å². The van der Waals surface area contributed by atoms with Crippen LogP contribution in [0.4, 0.5) is 5.82 Å². The summed E-state index contributed by atoms with van der Waals surface area (Å²) in [4.78, 5) is 24.8. The van der Waals surface area contributed by atoms with E-state index < -0.39 is 5.69 Å². The van der Waals surface area contributed by atoms with Gasteiger partial charge in [-0.2, -0.15) is 4.98 Å².